The number of ether oxygens (including phenoxy) is 1. The Hall–Kier alpha value is -2.92. The summed E-state index contributed by atoms with van der Waals surface area (Å²) in [5.41, 5.74) is -1.42. The smallest absolute Gasteiger partial charge is 0.416 e. The Kier molecular flexibility index (Phi) is 6.85. The molecule has 1 unspecified atom stereocenters. The first-order chi connectivity index (χ1) is 15.3. The highest BCUT2D eigenvalue weighted by atomic mass is 35.5. The lowest BCUT2D eigenvalue weighted by Crippen LogP contribution is -2.32. The Balaban J connectivity index is 1.94. The van der Waals surface area contributed by atoms with Crippen LogP contribution in [0.2, 0.25) is 5.02 Å². The van der Waals surface area contributed by atoms with E-state index in [0.29, 0.717) is 16.5 Å². The fraction of sp³-hybridized carbons (Fsp3) is 0.333. The standard InChI is InChI=1S/C21H19ClF3N3O4S/c1-9(2)32-20(31)16-10(3)15-18(33-16)26-8-28(19(15)30)11(4)17(29)27-14-7-12(21(23,24)25)5-6-13(14)22/h5-9,11H,1-4H3,(H,27,29). The SMILES string of the molecule is Cc1c(C(=O)OC(C)C)sc2ncn(C(C)C(=O)Nc3cc(C(F)(F)F)ccc3Cl)c(=O)c12. The third kappa shape index (κ3) is 5.03. The number of nitrogens with one attached hydrogen (secondary N) is 1. The minimum Gasteiger partial charge on any atom is -0.459 e. The van der Waals surface area contributed by atoms with Crippen molar-refractivity contribution < 1.29 is 27.5 Å². The number of carbonyl (C=O) groups excluding carboxylic acids is 2. The Labute approximate surface area is 195 Å². The largest absolute Gasteiger partial charge is 0.459 e. The summed E-state index contributed by atoms with van der Waals surface area (Å²) >= 11 is 6.94. The van der Waals surface area contributed by atoms with Gasteiger partial charge in [0.1, 0.15) is 15.7 Å². The van der Waals surface area contributed by atoms with Crippen LogP contribution in [-0.4, -0.2) is 27.5 Å². The second-order valence-electron chi connectivity index (χ2n) is 7.51. The average Bonchev–Trinajstić information content (AvgIpc) is 3.05. The van der Waals surface area contributed by atoms with Crippen molar-refractivity contribution in [3.8, 4) is 0 Å². The molecule has 2 heterocycles. The minimum atomic E-state index is -4.62. The lowest BCUT2D eigenvalue weighted by molar-refractivity contribution is -0.137. The molecule has 0 radical (unpaired) electrons. The number of thiophene rings is 1. The number of hydrogen-bond acceptors (Lipinski definition) is 6. The molecule has 1 aromatic carbocycles. The van der Waals surface area contributed by atoms with Crippen molar-refractivity contribution in [2.75, 3.05) is 5.32 Å². The van der Waals surface area contributed by atoms with Crippen molar-refractivity contribution in [1.82, 2.24) is 9.55 Å². The van der Waals surface area contributed by atoms with Gasteiger partial charge in [0.05, 0.1) is 34.1 Å². The molecule has 0 spiro atoms. The summed E-state index contributed by atoms with van der Waals surface area (Å²) in [6.45, 7) is 6.36. The Morgan fingerprint density at radius 3 is 2.52 bits per heavy atom. The second kappa shape index (κ2) is 9.14. The predicted octanol–water partition coefficient (Wildman–Crippen LogP) is 5.20. The second-order valence-corrected chi connectivity index (χ2v) is 8.91. The maximum Gasteiger partial charge on any atom is 0.416 e. The summed E-state index contributed by atoms with van der Waals surface area (Å²) < 4.78 is 45.2. The van der Waals surface area contributed by atoms with Crippen LogP contribution in [0.5, 0.6) is 0 Å². The molecule has 0 fully saturated rings. The van der Waals surface area contributed by atoms with Crippen LogP contribution in [0.25, 0.3) is 10.2 Å². The van der Waals surface area contributed by atoms with E-state index in [9.17, 15) is 27.6 Å². The lowest BCUT2D eigenvalue weighted by Gasteiger charge is -2.16. The van der Waals surface area contributed by atoms with Gasteiger partial charge in [-0.1, -0.05) is 11.6 Å². The van der Waals surface area contributed by atoms with Crippen molar-refractivity contribution in [2.45, 2.75) is 46.0 Å². The molecule has 0 aliphatic carbocycles. The van der Waals surface area contributed by atoms with Crippen molar-refractivity contribution >= 4 is 50.7 Å². The van der Waals surface area contributed by atoms with Crippen molar-refractivity contribution in [3.05, 3.63) is 55.9 Å². The average molecular weight is 502 g/mol. The molecular weight excluding hydrogens is 483 g/mol. The van der Waals surface area contributed by atoms with E-state index < -0.39 is 35.2 Å². The highest BCUT2D eigenvalue weighted by Crippen LogP contribution is 2.34. The zero-order valence-electron chi connectivity index (χ0n) is 17.9. The molecule has 1 amide bonds. The summed E-state index contributed by atoms with van der Waals surface area (Å²) in [6.07, 6.45) is -3.82. The number of fused-ring (bicyclic) bond motifs is 1. The van der Waals surface area contributed by atoms with Gasteiger partial charge in [-0.2, -0.15) is 13.2 Å². The number of esters is 1. The topological polar surface area (TPSA) is 90.3 Å². The Bertz CT molecular complexity index is 1300. The number of rotatable bonds is 5. The van der Waals surface area contributed by atoms with Gasteiger partial charge in [0.25, 0.3) is 5.56 Å². The number of halogens is 4. The molecule has 0 saturated heterocycles. The fourth-order valence-corrected chi connectivity index (χ4v) is 4.22. The van der Waals surface area contributed by atoms with E-state index >= 15 is 0 Å². The van der Waals surface area contributed by atoms with Crippen molar-refractivity contribution in [3.63, 3.8) is 0 Å². The summed E-state index contributed by atoms with van der Waals surface area (Å²) in [7, 11) is 0. The highest BCUT2D eigenvalue weighted by Gasteiger charge is 2.31. The number of anilines is 1. The maximum absolute atomic E-state index is 13.1. The van der Waals surface area contributed by atoms with Crippen LogP contribution in [0.1, 0.15) is 47.6 Å². The molecule has 3 aromatic rings. The quantitative estimate of drug-likeness (QED) is 0.485. The molecule has 12 heteroatoms. The molecule has 0 aliphatic heterocycles. The first-order valence-corrected chi connectivity index (χ1v) is 10.9. The highest BCUT2D eigenvalue weighted by molar-refractivity contribution is 7.20. The van der Waals surface area contributed by atoms with Crippen LogP contribution in [0.15, 0.2) is 29.3 Å². The maximum atomic E-state index is 13.1. The number of alkyl halides is 3. The summed E-state index contributed by atoms with van der Waals surface area (Å²) in [6, 6.07) is 1.40. The molecule has 176 valence electrons. The molecule has 0 bridgehead atoms. The predicted molar refractivity (Wildman–Crippen MR) is 119 cm³/mol. The van der Waals surface area contributed by atoms with Gasteiger partial charge < -0.3 is 10.1 Å². The van der Waals surface area contributed by atoms with E-state index in [2.05, 4.69) is 10.3 Å². The van der Waals surface area contributed by atoms with Crippen LogP contribution in [0.3, 0.4) is 0 Å². The number of hydrogen-bond donors (Lipinski definition) is 1. The molecule has 7 nitrogen and oxygen atoms in total. The van der Waals surface area contributed by atoms with E-state index in [-0.39, 0.29) is 27.1 Å². The third-order valence-corrected chi connectivity index (χ3v) is 6.26. The van der Waals surface area contributed by atoms with Gasteiger partial charge in [-0.05, 0) is 51.5 Å². The minimum absolute atomic E-state index is 0.0912. The first-order valence-electron chi connectivity index (χ1n) is 9.70. The van der Waals surface area contributed by atoms with Gasteiger partial charge in [-0.15, -0.1) is 11.3 Å². The van der Waals surface area contributed by atoms with Crippen molar-refractivity contribution in [2.24, 2.45) is 0 Å². The number of aryl methyl sites for hydroxylation is 1. The molecule has 33 heavy (non-hydrogen) atoms. The van der Waals surface area contributed by atoms with Crippen LogP contribution < -0.4 is 10.9 Å². The van der Waals surface area contributed by atoms with E-state index in [1.807, 2.05) is 0 Å². The Morgan fingerprint density at radius 1 is 1.24 bits per heavy atom. The molecule has 1 N–H and O–H groups in total. The van der Waals surface area contributed by atoms with E-state index in [4.69, 9.17) is 16.3 Å². The zero-order chi connectivity index (χ0) is 24.7. The van der Waals surface area contributed by atoms with Gasteiger partial charge in [-0.3, -0.25) is 14.2 Å². The summed E-state index contributed by atoms with van der Waals surface area (Å²) in [5.74, 6) is -1.35. The van der Waals surface area contributed by atoms with Crippen LogP contribution in [-0.2, 0) is 15.7 Å². The Morgan fingerprint density at radius 2 is 1.91 bits per heavy atom. The molecule has 0 aliphatic rings. The van der Waals surface area contributed by atoms with E-state index in [1.165, 1.54) is 6.92 Å². The molecule has 2 aromatic heterocycles. The number of aromatic nitrogens is 2. The third-order valence-electron chi connectivity index (χ3n) is 4.75. The molecule has 1 atom stereocenters. The van der Waals surface area contributed by atoms with Crippen molar-refractivity contribution in [1.29, 1.82) is 0 Å². The number of benzene rings is 1. The van der Waals surface area contributed by atoms with Crippen LogP contribution in [0, 0.1) is 6.92 Å². The van der Waals surface area contributed by atoms with E-state index in [1.54, 1.807) is 20.8 Å². The fourth-order valence-electron chi connectivity index (χ4n) is 3.04. The summed E-state index contributed by atoms with van der Waals surface area (Å²) in [4.78, 5) is 42.8. The van der Waals surface area contributed by atoms with Crippen LogP contribution in [0.4, 0.5) is 18.9 Å². The first kappa shape index (κ1) is 24.7. The number of amides is 1. The van der Waals surface area contributed by atoms with Gasteiger partial charge in [0.15, 0.2) is 0 Å². The number of carbonyl (C=O) groups is 2. The molecular formula is C21H19ClF3N3O4S. The molecule has 3 rings (SSSR count). The van der Waals surface area contributed by atoms with Gasteiger partial charge >= 0.3 is 12.1 Å². The molecule has 0 saturated carbocycles. The number of nitrogens with zero attached hydrogens (tertiary/aromatic N) is 2. The normalized spacial score (nSPS) is 12.8. The monoisotopic (exact) mass is 501 g/mol. The summed E-state index contributed by atoms with van der Waals surface area (Å²) in [5, 5.41) is 2.40. The van der Waals surface area contributed by atoms with Gasteiger partial charge in [-0.25, -0.2) is 9.78 Å². The van der Waals surface area contributed by atoms with Gasteiger partial charge in [0, 0.05) is 0 Å². The zero-order valence-corrected chi connectivity index (χ0v) is 19.5. The van der Waals surface area contributed by atoms with Gasteiger partial charge in [0.2, 0.25) is 5.91 Å². The van der Waals surface area contributed by atoms with Crippen LogP contribution >= 0.6 is 22.9 Å². The lowest BCUT2D eigenvalue weighted by atomic mass is 10.2. The van der Waals surface area contributed by atoms with E-state index in [0.717, 1.165) is 34.4 Å².